The van der Waals surface area contributed by atoms with Gasteiger partial charge in [0.1, 0.15) is 11.6 Å². The predicted molar refractivity (Wildman–Crippen MR) is 122 cm³/mol. The second kappa shape index (κ2) is 10.6. The highest BCUT2D eigenvalue weighted by Crippen LogP contribution is 2.27. The van der Waals surface area contributed by atoms with E-state index in [1.165, 1.54) is 12.0 Å². The lowest BCUT2D eigenvalue weighted by Gasteiger charge is -2.38. The van der Waals surface area contributed by atoms with Crippen LogP contribution in [0.5, 0.6) is 5.75 Å². The van der Waals surface area contributed by atoms with Crippen LogP contribution >= 0.6 is 0 Å². The van der Waals surface area contributed by atoms with Crippen molar-refractivity contribution in [2.45, 2.75) is 45.4 Å². The molecular formula is C25H34N4O2. The zero-order valence-electron chi connectivity index (χ0n) is 18.6. The molecule has 2 saturated heterocycles. The first-order valence-electron chi connectivity index (χ1n) is 11.7. The normalized spacial score (nSPS) is 20.0. The maximum absolute atomic E-state index is 13.2. The minimum atomic E-state index is 0.0798. The second-order valence-corrected chi connectivity index (χ2v) is 8.73. The third kappa shape index (κ3) is 5.75. The lowest BCUT2D eigenvalue weighted by Crippen LogP contribution is -2.47. The second-order valence-electron chi connectivity index (χ2n) is 8.73. The Balaban J connectivity index is 1.22. The fraction of sp³-hybridized carbons (Fsp3) is 0.560. The maximum atomic E-state index is 13.2. The van der Waals surface area contributed by atoms with Crippen molar-refractivity contribution in [3.05, 3.63) is 48.4 Å². The predicted octanol–water partition coefficient (Wildman–Crippen LogP) is 3.96. The number of amides is 1. The van der Waals surface area contributed by atoms with Crippen LogP contribution in [0.15, 0.2) is 42.9 Å². The fourth-order valence-electron chi connectivity index (χ4n) is 4.83. The van der Waals surface area contributed by atoms with Crippen LogP contribution in [-0.2, 0) is 11.2 Å². The molecule has 1 amide bonds. The quantitative estimate of drug-likeness (QED) is 0.676. The van der Waals surface area contributed by atoms with Crippen LogP contribution < -0.4 is 9.64 Å². The Bertz CT molecular complexity index is 819. The summed E-state index contributed by atoms with van der Waals surface area (Å²) in [6.45, 7) is 6.22. The van der Waals surface area contributed by atoms with Gasteiger partial charge in [-0.3, -0.25) is 9.78 Å². The number of aromatic nitrogens is 2. The lowest BCUT2D eigenvalue weighted by molar-refractivity contribution is -0.137. The van der Waals surface area contributed by atoms with Gasteiger partial charge in [0.05, 0.1) is 18.7 Å². The van der Waals surface area contributed by atoms with Crippen LogP contribution in [0.4, 0.5) is 5.82 Å². The molecule has 1 aromatic heterocycles. The Kier molecular flexibility index (Phi) is 7.39. The lowest BCUT2D eigenvalue weighted by atomic mass is 9.89. The molecule has 6 nitrogen and oxygen atoms in total. The number of anilines is 1. The van der Waals surface area contributed by atoms with Crippen molar-refractivity contribution in [1.82, 2.24) is 14.9 Å². The van der Waals surface area contributed by atoms with E-state index in [1.54, 1.807) is 18.6 Å². The topological polar surface area (TPSA) is 58.6 Å². The molecule has 1 unspecified atom stereocenters. The van der Waals surface area contributed by atoms with Crippen molar-refractivity contribution >= 4 is 11.7 Å². The molecule has 1 aromatic carbocycles. The molecular weight excluding hydrogens is 388 g/mol. The molecule has 0 radical (unpaired) electrons. The monoisotopic (exact) mass is 422 g/mol. The van der Waals surface area contributed by atoms with E-state index in [0.717, 1.165) is 69.9 Å². The van der Waals surface area contributed by atoms with Gasteiger partial charge in [0.15, 0.2) is 0 Å². The molecule has 166 valence electrons. The van der Waals surface area contributed by atoms with Gasteiger partial charge >= 0.3 is 0 Å². The van der Waals surface area contributed by atoms with Gasteiger partial charge in [-0.2, -0.15) is 0 Å². The third-order valence-corrected chi connectivity index (χ3v) is 6.65. The highest BCUT2D eigenvalue weighted by molar-refractivity contribution is 5.79. The highest BCUT2D eigenvalue weighted by Gasteiger charge is 2.31. The van der Waals surface area contributed by atoms with E-state index < -0.39 is 0 Å². The smallest absolute Gasteiger partial charge is 0.227 e. The summed E-state index contributed by atoms with van der Waals surface area (Å²) in [5.41, 5.74) is 1.37. The van der Waals surface area contributed by atoms with E-state index in [0.29, 0.717) is 18.4 Å². The van der Waals surface area contributed by atoms with Gasteiger partial charge < -0.3 is 14.5 Å². The summed E-state index contributed by atoms with van der Waals surface area (Å²) in [7, 11) is 0. The molecule has 2 aliphatic heterocycles. The van der Waals surface area contributed by atoms with E-state index in [9.17, 15) is 4.79 Å². The summed E-state index contributed by atoms with van der Waals surface area (Å²) in [6, 6.07) is 8.48. The Morgan fingerprint density at radius 1 is 1.10 bits per heavy atom. The number of piperidine rings is 2. The largest absolute Gasteiger partial charge is 0.494 e. The van der Waals surface area contributed by atoms with Gasteiger partial charge in [-0.1, -0.05) is 12.1 Å². The fourth-order valence-corrected chi connectivity index (χ4v) is 4.83. The number of carbonyl (C=O) groups excluding carboxylic acids is 1. The minimum Gasteiger partial charge on any atom is -0.494 e. The van der Waals surface area contributed by atoms with E-state index in [4.69, 9.17) is 4.74 Å². The van der Waals surface area contributed by atoms with Crippen LogP contribution in [0.2, 0.25) is 0 Å². The van der Waals surface area contributed by atoms with Gasteiger partial charge in [0.25, 0.3) is 0 Å². The number of nitrogens with zero attached hydrogens (tertiary/aromatic N) is 4. The number of carbonyl (C=O) groups is 1. The number of benzene rings is 1. The first kappa shape index (κ1) is 21.6. The molecule has 3 heterocycles. The van der Waals surface area contributed by atoms with Crippen molar-refractivity contribution < 1.29 is 9.53 Å². The molecule has 2 fully saturated rings. The molecule has 0 bridgehead atoms. The molecule has 2 aromatic rings. The zero-order valence-corrected chi connectivity index (χ0v) is 18.6. The molecule has 2 aliphatic rings. The maximum Gasteiger partial charge on any atom is 0.227 e. The Hall–Kier alpha value is -2.63. The number of aryl methyl sites for hydroxylation is 1. The minimum absolute atomic E-state index is 0.0798. The van der Waals surface area contributed by atoms with Gasteiger partial charge in [-0.05, 0) is 69.1 Å². The van der Waals surface area contributed by atoms with E-state index >= 15 is 0 Å². The molecule has 0 saturated carbocycles. The molecule has 0 aliphatic carbocycles. The number of hydrogen-bond donors (Lipinski definition) is 0. The molecule has 0 spiro atoms. The summed E-state index contributed by atoms with van der Waals surface area (Å²) in [4.78, 5) is 26.1. The van der Waals surface area contributed by atoms with E-state index in [-0.39, 0.29) is 5.92 Å². The van der Waals surface area contributed by atoms with Crippen molar-refractivity contribution in [2.75, 3.05) is 37.7 Å². The SMILES string of the molecule is CCOc1ccc(CCC2CCN(C(=O)C3CCCN(c4cnccn4)C3)CC2)cc1. The van der Waals surface area contributed by atoms with Crippen LogP contribution in [0.3, 0.4) is 0 Å². The summed E-state index contributed by atoms with van der Waals surface area (Å²) >= 11 is 0. The summed E-state index contributed by atoms with van der Waals surface area (Å²) in [5.74, 6) is 2.94. The average molecular weight is 423 g/mol. The molecule has 31 heavy (non-hydrogen) atoms. The summed E-state index contributed by atoms with van der Waals surface area (Å²) in [6.07, 6.45) is 11.7. The van der Waals surface area contributed by atoms with Crippen molar-refractivity contribution in [3.8, 4) is 5.75 Å². The standard InChI is InChI=1S/C25H34N4O2/c1-2-31-23-9-7-20(8-10-23)5-6-21-11-16-28(17-12-21)25(30)22-4-3-15-29(19-22)24-18-26-13-14-27-24/h7-10,13-14,18,21-22H,2-6,11-12,15-17,19H2,1H3. The number of ether oxygens (including phenoxy) is 1. The molecule has 6 heteroatoms. The molecule has 1 atom stereocenters. The summed E-state index contributed by atoms with van der Waals surface area (Å²) in [5, 5.41) is 0. The van der Waals surface area contributed by atoms with E-state index in [1.807, 2.05) is 6.92 Å². The molecule has 4 rings (SSSR count). The van der Waals surface area contributed by atoms with Gasteiger partial charge in [-0.25, -0.2) is 4.98 Å². The van der Waals surface area contributed by atoms with Crippen LogP contribution in [0.1, 0.15) is 44.6 Å². The van der Waals surface area contributed by atoms with Gasteiger partial charge in [-0.15, -0.1) is 0 Å². The van der Waals surface area contributed by atoms with E-state index in [2.05, 4.69) is 44.0 Å². The first-order valence-corrected chi connectivity index (χ1v) is 11.7. The Morgan fingerprint density at radius 3 is 2.61 bits per heavy atom. The van der Waals surface area contributed by atoms with Crippen LogP contribution in [0, 0.1) is 11.8 Å². The van der Waals surface area contributed by atoms with Gasteiger partial charge in [0, 0.05) is 38.6 Å². The molecule has 0 N–H and O–H groups in total. The Labute approximate surface area is 185 Å². The highest BCUT2D eigenvalue weighted by atomic mass is 16.5. The zero-order chi connectivity index (χ0) is 21.5. The van der Waals surface area contributed by atoms with Crippen LogP contribution in [0.25, 0.3) is 0 Å². The van der Waals surface area contributed by atoms with Crippen molar-refractivity contribution in [3.63, 3.8) is 0 Å². The third-order valence-electron chi connectivity index (χ3n) is 6.65. The van der Waals surface area contributed by atoms with Crippen molar-refractivity contribution in [1.29, 1.82) is 0 Å². The van der Waals surface area contributed by atoms with Crippen molar-refractivity contribution in [2.24, 2.45) is 11.8 Å². The number of rotatable bonds is 7. The summed E-state index contributed by atoms with van der Waals surface area (Å²) < 4.78 is 5.52. The number of likely N-dealkylation sites (tertiary alicyclic amines) is 1. The first-order chi connectivity index (χ1) is 15.2. The van der Waals surface area contributed by atoms with Gasteiger partial charge in [0.2, 0.25) is 5.91 Å². The Morgan fingerprint density at radius 2 is 1.90 bits per heavy atom. The number of hydrogen-bond acceptors (Lipinski definition) is 5. The average Bonchev–Trinajstić information content (AvgIpc) is 2.84. The van der Waals surface area contributed by atoms with Crippen LogP contribution in [-0.4, -0.2) is 53.6 Å².